The summed E-state index contributed by atoms with van der Waals surface area (Å²) in [6.45, 7) is 7.28. The lowest BCUT2D eigenvalue weighted by molar-refractivity contribution is 0.491. The maximum absolute atomic E-state index is 12.0. The molecule has 0 spiro atoms. The summed E-state index contributed by atoms with van der Waals surface area (Å²) in [6, 6.07) is 6.53. The van der Waals surface area contributed by atoms with Gasteiger partial charge in [0.25, 0.3) is 0 Å². The third kappa shape index (κ3) is 4.11. The Kier molecular flexibility index (Phi) is 3.96. The van der Waals surface area contributed by atoms with E-state index < -0.39 is 15.6 Å². The molecule has 5 heteroatoms. The van der Waals surface area contributed by atoms with Gasteiger partial charge in [0, 0.05) is 11.6 Å². The van der Waals surface area contributed by atoms with Crippen molar-refractivity contribution in [3.05, 3.63) is 29.8 Å². The van der Waals surface area contributed by atoms with Crippen LogP contribution in [0.15, 0.2) is 29.2 Å². The Morgan fingerprint density at radius 1 is 1.18 bits per heavy atom. The normalized spacial score (nSPS) is 14.6. The van der Waals surface area contributed by atoms with Crippen LogP contribution in [0.3, 0.4) is 0 Å². The van der Waals surface area contributed by atoms with Crippen LogP contribution < -0.4 is 10.5 Å². The fourth-order valence-electron chi connectivity index (χ4n) is 1.41. The van der Waals surface area contributed by atoms with E-state index in [0.717, 1.165) is 5.56 Å². The molecule has 1 aromatic rings. The summed E-state index contributed by atoms with van der Waals surface area (Å²) in [4.78, 5) is 0.261. The average molecular weight is 256 g/mol. The van der Waals surface area contributed by atoms with E-state index in [9.17, 15) is 8.42 Å². The summed E-state index contributed by atoms with van der Waals surface area (Å²) in [6.07, 6.45) is 0. The molecule has 0 bridgehead atoms. The highest BCUT2D eigenvalue weighted by atomic mass is 32.2. The van der Waals surface area contributed by atoms with E-state index in [1.807, 2.05) is 6.92 Å². The van der Waals surface area contributed by atoms with Crippen molar-refractivity contribution >= 4 is 10.0 Å². The minimum Gasteiger partial charge on any atom is -0.324 e. The summed E-state index contributed by atoms with van der Waals surface area (Å²) in [5, 5.41) is 0. The Bertz CT molecular complexity index is 470. The third-order valence-corrected chi connectivity index (χ3v) is 3.93. The molecule has 0 saturated heterocycles. The average Bonchev–Trinajstić information content (AvgIpc) is 2.14. The maximum Gasteiger partial charge on any atom is 0.241 e. The summed E-state index contributed by atoms with van der Waals surface area (Å²) in [7, 11) is -3.45. The molecule has 0 amide bonds. The second kappa shape index (κ2) is 4.76. The Balaban J connectivity index is 3.01. The SMILES string of the molecule is C[C@@H](N)c1ccc(S(=O)(=O)NC(C)(C)C)cc1. The van der Waals surface area contributed by atoms with Crippen molar-refractivity contribution in [1.82, 2.24) is 4.72 Å². The molecule has 0 fully saturated rings. The lowest BCUT2D eigenvalue weighted by atomic mass is 10.1. The molecule has 0 aliphatic heterocycles. The van der Waals surface area contributed by atoms with E-state index in [1.54, 1.807) is 45.0 Å². The van der Waals surface area contributed by atoms with Crippen LogP contribution in [0.2, 0.25) is 0 Å². The highest BCUT2D eigenvalue weighted by Gasteiger charge is 2.21. The molecule has 1 aromatic carbocycles. The van der Waals surface area contributed by atoms with Gasteiger partial charge in [0.05, 0.1) is 4.90 Å². The lowest BCUT2D eigenvalue weighted by Gasteiger charge is -2.20. The largest absolute Gasteiger partial charge is 0.324 e. The molecule has 3 N–H and O–H groups in total. The number of rotatable bonds is 3. The Labute approximate surface area is 103 Å². The van der Waals surface area contributed by atoms with Gasteiger partial charge < -0.3 is 5.73 Å². The predicted molar refractivity (Wildman–Crippen MR) is 69.1 cm³/mol. The van der Waals surface area contributed by atoms with Crippen LogP contribution in [0, 0.1) is 0 Å². The quantitative estimate of drug-likeness (QED) is 0.866. The van der Waals surface area contributed by atoms with Crippen molar-refractivity contribution in [3.63, 3.8) is 0 Å². The molecule has 1 atom stereocenters. The van der Waals surface area contributed by atoms with Gasteiger partial charge in [0.2, 0.25) is 10.0 Å². The molecule has 4 nitrogen and oxygen atoms in total. The smallest absolute Gasteiger partial charge is 0.241 e. The van der Waals surface area contributed by atoms with Crippen molar-refractivity contribution in [3.8, 4) is 0 Å². The van der Waals surface area contributed by atoms with Gasteiger partial charge in [-0.1, -0.05) is 12.1 Å². The molecule has 0 aliphatic carbocycles. The van der Waals surface area contributed by atoms with E-state index >= 15 is 0 Å². The molecular formula is C12H20N2O2S. The first-order chi connectivity index (χ1) is 7.62. The summed E-state index contributed by atoms with van der Waals surface area (Å²) in [5.74, 6) is 0. The van der Waals surface area contributed by atoms with E-state index in [1.165, 1.54) is 0 Å². The number of nitrogens with one attached hydrogen (secondary N) is 1. The molecule has 0 saturated carbocycles. The minimum absolute atomic E-state index is 0.0951. The van der Waals surface area contributed by atoms with Crippen molar-refractivity contribution in [2.75, 3.05) is 0 Å². The second-order valence-corrected chi connectivity index (χ2v) is 6.90. The van der Waals surface area contributed by atoms with Crippen molar-refractivity contribution in [2.24, 2.45) is 5.73 Å². The third-order valence-electron chi connectivity index (χ3n) is 2.16. The van der Waals surface area contributed by atoms with Crippen LogP contribution in [-0.4, -0.2) is 14.0 Å². The fraction of sp³-hybridized carbons (Fsp3) is 0.500. The second-order valence-electron chi connectivity index (χ2n) is 5.21. The molecule has 17 heavy (non-hydrogen) atoms. The van der Waals surface area contributed by atoms with Gasteiger partial charge in [0.1, 0.15) is 0 Å². The zero-order chi connectivity index (χ0) is 13.3. The zero-order valence-corrected chi connectivity index (χ0v) is 11.5. The van der Waals surface area contributed by atoms with Crippen LogP contribution in [0.25, 0.3) is 0 Å². The standard InChI is InChI=1S/C12H20N2O2S/c1-9(13)10-5-7-11(8-6-10)17(15,16)14-12(2,3)4/h5-9,14H,13H2,1-4H3/t9-/m1/s1. The van der Waals surface area contributed by atoms with Crippen LogP contribution in [0.5, 0.6) is 0 Å². The maximum atomic E-state index is 12.0. The van der Waals surface area contributed by atoms with Gasteiger partial charge in [-0.2, -0.15) is 0 Å². The number of sulfonamides is 1. The highest BCUT2D eigenvalue weighted by molar-refractivity contribution is 7.89. The fourth-order valence-corrected chi connectivity index (χ4v) is 2.83. The summed E-state index contributed by atoms with van der Waals surface area (Å²) < 4.78 is 26.6. The van der Waals surface area contributed by atoms with Gasteiger partial charge in [-0.25, -0.2) is 13.1 Å². The van der Waals surface area contributed by atoms with E-state index in [2.05, 4.69) is 4.72 Å². The minimum atomic E-state index is -3.45. The molecule has 0 aliphatic rings. The lowest BCUT2D eigenvalue weighted by Crippen LogP contribution is -2.40. The Hall–Kier alpha value is -0.910. The molecular weight excluding hydrogens is 236 g/mol. The number of hydrogen-bond donors (Lipinski definition) is 2. The van der Waals surface area contributed by atoms with Gasteiger partial charge in [-0.3, -0.25) is 0 Å². The van der Waals surface area contributed by atoms with Gasteiger partial charge in [-0.05, 0) is 45.4 Å². The first-order valence-corrected chi connectivity index (χ1v) is 7.00. The zero-order valence-electron chi connectivity index (χ0n) is 10.7. The Morgan fingerprint density at radius 2 is 1.65 bits per heavy atom. The van der Waals surface area contributed by atoms with Gasteiger partial charge in [0.15, 0.2) is 0 Å². The Morgan fingerprint density at radius 3 is 2.00 bits per heavy atom. The van der Waals surface area contributed by atoms with Crippen LogP contribution >= 0.6 is 0 Å². The molecule has 96 valence electrons. The van der Waals surface area contributed by atoms with E-state index in [-0.39, 0.29) is 10.9 Å². The van der Waals surface area contributed by atoms with Crippen molar-refractivity contribution in [2.45, 2.75) is 44.2 Å². The van der Waals surface area contributed by atoms with Crippen LogP contribution in [0.4, 0.5) is 0 Å². The number of benzene rings is 1. The van der Waals surface area contributed by atoms with Crippen LogP contribution in [-0.2, 0) is 10.0 Å². The topological polar surface area (TPSA) is 72.2 Å². The van der Waals surface area contributed by atoms with Gasteiger partial charge in [-0.15, -0.1) is 0 Å². The summed E-state index contributed by atoms with van der Waals surface area (Å²) in [5.41, 5.74) is 6.14. The van der Waals surface area contributed by atoms with E-state index in [0.29, 0.717) is 0 Å². The molecule has 0 radical (unpaired) electrons. The molecule has 1 rings (SSSR count). The first-order valence-electron chi connectivity index (χ1n) is 5.51. The van der Waals surface area contributed by atoms with Crippen molar-refractivity contribution < 1.29 is 8.42 Å². The van der Waals surface area contributed by atoms with Crippen LogP contribution in [0.1, 0.15) is 39.3 Å². The van der Waals surface area contributed by atoms with Gasteiger partial charge >= 0.3 is 0 Å². The van der Waals surface area contributed by atoms with Crippen molar-refractivity contribution in [1.29, 1.82) is 0 Å². The number of nitrogens with two attached hydrogens (primary N) is 1. The molecule has 0 unspecified atom stereocenters. The van der Waals surface area contributed by atoms with E-state index in [4.69, 9.17) is 5.73 Å². The predicted octanol–water partition coefficient (Wildman–Crippen LogP) is 1.78. The molecule has 0 aromatic heterocycles. The highest BCUT2D eigenvalue weighted by Crippen LogP contribution is 2.16. The number of hydrogen-bond acceptors (Lipinski definition) is 3. The summed E-state index contributed by atoms with van der Waals surface area (Å²) >= 11 is 0. The monoisotopic (exact) mass is 256 g/mol. The first kappa shape index (κ1) is 14.2. The molecule has 0 heterocycles.